The number of hydrogen-bond acceptors (Lipinski definition) is 5. The van der Waals surface area contributed by atoms with Crippen LogP contribution < -0.4 is 5.73 Å². The van der Waals surface area contributed by atoms with E-state index in [-0.39, 0.29) is 11.4 Å². The lowest BCUT2D eigenvalue weighted by Gasteiger charge is -2.10. The molecule has 5 rings (SSSR count). The Kier molecular flexibility index (Phi) is 2.85. The van der Waals surface area contributed by atoms with Crippen molar-refractivity contribution in [1.82, 2.24) is 9.97 Å². The van der Waals surface area contributed by atoms with E-state index in [1.165, 1.54) is 6.07 Å². The Bertz CT molecular complexity index is 1380. The SMILES string of the molecule is Nc1c([N+](=O)[O-])ccc2nc3c4ccccc4c4ccccc4c3nc12. The Morgan fingerprint density at radius 3 is 1.85 bits per heavy atom. The molecule has 0 atom stereocenters. The summed E-state index contributed by atoms with van der Waals surface area (Å²) in [5, 5.41) is 15.3. The third-order valence-electron chi connectivity index (χ3n) is 4.70. The second-order valence-electron chi connectivity index (χ2n) is 6.14. The molecule has 4 aromatic carbocycles. The van der Waals surface area contributed by atoms with E-state index in [0.29, 0.717) is 16.6 Å². The van der Waals surface area contributed by atoms with E-state index >= 15 is 0 Å². The van der Waals surface area contributed by atoms with E-state index in [1.807, 2.05) is 42.5 Å². The van der Waals surface area contributed by atoms with Gasteiger partial charge in [0.05, 0.1) is 21.5 Å². The molecule has 0 bridgehead atoms. The first kappa shape index (κ1) is 14.5. The summed E-state index contributed by atoms with van der Waals surface area (Å²) in [5.41, 5.74) is 8.26. The van der Waals surface area contributed by atoms with Crippen LogP contribution in [-0.4, -0.2) is 14.9 Å². The van der Waals surface area contributed by atoms with Crippen LogP contribution in [0.3, 0.4) is 0 Å². The molecule has 0 aliphatic heterocycles. The molecule has 0 fully saturated rings. The standard InChI is InChI=1S/C20H12N4O2/c21-17-16(24(25)26)10-9-15-20(17)23-19-14-8-4-2-6-12(14)11-5-1-3-7-13(11)18(19)22-15/h1-10H,21H2. The summed E-state index contributed by atoms with van der Waals surface area (Å²) < 4.78 is 0. The van der Waals surface area contributed by atoms with E-state index in [4.69, 9.17) is 15.7 Å². The normalized spacial score (nSPS) is 11.5. The number of nitrogen functional groups attached to an aromatic ring is 1. The fourth-order valence-corrected chi connectivity index (χ4v) is 3.52. The highest BCUT2D eigenvalue weighted by molar-refractivity contribution is 6.24. The zero-order chi connectivity index (χ0) is 17.8. The highest BCUT2D eigenvalue weighted by Crippen LogP contribution is 2.36. The van der Waals surface area contributed by atoms with Gasteiger partial charge in [0, 0.05) is 16.8 Å². The number of nitrogens with two attached hydrogens (primary N) is 1. The minimum Gasteiger partial charge on any atom is -0.391 e. The minimum atomic E-state index is -0.501. The lowest BCUT2D eigenvalue weighted by Crippen LogP contribution is -1.99. The minimum absolute atomic E-state index is 0.0409. The highest BCUT2D eigenvalue weighted by Gasteiger charge is 2.18. The van der Waals surface area contributed by atoms with E-state index in [9.17, 15) is 10.1 Å². The first-order chi connectivity index (χ1) is 12.6. The van der Waals surface area contributed by atoms with Crippen LogP contribution in [0, 0.1) is 10.1 Å². The maximum Gasteiger partial charge on any atom is 0.294 e. The van der Waals surface area contributed by atoms with Crippen molar-refractivity contribution >= 4 is 55.0 Å². The molecular weight excluding hydrogens is 328 g/mol. The number of hydrogen-bond donors (Lipinski definition) is 1. The quantitative estimate of drug-likeness (QED) is 0.158. The maximum atomic E-state index is 11.2. The number of anilines is 1. The van der Waals surface area contributed by atoms with E-state index < -0.39 is 4.92 Å². The molecule has 1 aromatic heterocycles. The first-order valence-corrected chi connectivity index (χ1v) is 8.09. The number of nitro groups is 1. The molecule has 26 heavy (non-hydrogen) atoms. The summed E-state index contributed by atoms with van der Waals surface area (Å²) in [5.74, 6) is 0. The molecule has 6 heteroatoms. The van der Waals surface area contributed by atoms with Crippen LogP contribution in [0.25, 0.3) is 43.6 Å². The highest BCUT2D eigenvalue weighted by atomic mass is 16.6. The van der Waals surface area contributed by atoms with Crippen molar-refractivity contribution in [3.05, 3.63) is 70.8 Å². The lowest BCUT2D eigenvalue weighted by molar-refractivity contribution is -0.383. The fourth-order valence-electron chi connectivity index (χ4n) is 3.52. The van der Waals surface area contributed by atoms with Crippen molar-refractivity contribution in [2.75, 3.05) is 5.73 Å². The first-order valence-electron chi connectivity index (χ1n) is 8.09. The zero-order valence-corrected chi connectivity index (χ0v) is 13.5. The van der Waals surface area contributed by atoms with Crippen molar-refractivity contribution in [2.45, 2.75) is 0 Å². The summed E-state index contributed by atoms with van der Waals surface area (Å²) in [4.78, 5) is 20.2. The fraction of sp³-hybridized carbons (Fsp3) is 0. The molecule has 0 aliphatic carbocycles. The zero-order valence-electron chi connectivity index (χ0n) is 13.5. The molecule has 2 N–H and O–H groups in total. The molecule has 0 spiro atoms. The van der Waals surface area contributed by atoms with Crippen LogP contribution in [0.2, 0.25) is 0 Å². The summed E-state index contributed by atoms with van der Waals surface area (Å²) in [6, 6.07) is 19.0. The average Bonchev–Trinajstić information content (AvgIpc) is 2.67. The number of nitro benzene ring substituents is 1. The molecule has 0 saturated carbocycles. The van der Waals surface area contributed by atoms with E-state index in [2.05, 4.69) is 6.07 Å². The molecule has 1 heterocycles. The summed E-state index contributed by atoms with van der Waals surface area (Å²) in [6.07, 6.45) is 0. The Morgan fingerprint density at radius 1 is 0.731 bits per heavy atom. The summed E-state index contributed by atoms with van der Waals surface area (Å²) in [6.45, 7) is 0. The Labute approximate surface area is 147 Å². The van der Waals surface area contributed by atoms with Crippen LogP contribution in [-0.2, 0) is 0 Å². The molecule has 5 aromatic rings. The third kappa shape index (κ3) is 1.86. The van der Waals surface area contributed by atoms with Gasteiger partial charge in [-0.1, -0.05) is 48.5 Å². The van der Waals surface area contributed by atoms with E-state index in [1.54, 1.807) is 6.07 Å². The molecule has 6 nitrogen and oxygen atoms in total. The van der Waals surface area contributed by atoms with Crippen molar-refractivity contribution in [1.29, 1.82) is 0 Å². The maximum absolute atomic E-state index is 11.2. The van der Waals surface area contributed by atoms with Gasteiger partial charge in [-0.05, 0) is 16.8 Å². The molecular formula is C20H12N4O2. The monoisotopic (exact) mass is 340 g/mol. The topological polar surface area (TPSA) is 94.9 Å². The second-order valence-corrected chi connectivity index (χ2v) is 6.14. The molecule has 0 unspecified atom stereocenters. The molecule has 0 amide bonds. The van der Waals surface area contributed by atoms with Crippen molar-refractivity contribution in [2.24, 2.45) is 0 Å². The van der Waals surface area contributed by atoms with Crippen molar-refractivity contribution in [3.63, 3.8) is 0 Å². The van der Waals surface area contributed by atoms with E-state index in [0.717, 1.165) is 27.1 Å². The van der Waals surface area contributed by atoms with Gasteiger partial charge < -0.3 is 5.73 Å². The Morgan fingerprint density at radius 2 is 1.27 bits per heavy atom. The predicted molar refractivity (Wildman–Crippen MR) is 103 cm³/mol. The van der Waals surface area contributed by atoms with Gasteiger partial charge in [0.1, 0.15) is 11.2 Å². The molecule has 0 aliphatic rings. The summed E-state index contributed by atoms with van der Waals surface area (Å²) in [7, 11) is 0. The predicted octanol–water partition coefficient (Wildman–Crippen LogP) is 4.58. The van der Waals surface area contributed by atoms with Crippen LogP contribution in [0.4, 0.5) is 11.4 Å². The molecule has 0 radical (unpaired) electrons. The number of aromatic nitrogens is 2. The molecule has 0 saturated heterocycles. The largest absolute Gasteiger partial charge is 0.391 e. The van der Waals surface area contributed by atoms with Crippen LogP contribution >= 0.6 is 0 Å². The smallest absolute Gasteiger partial charge is 0.294 e. The van der Waals surface area contributed by atoms with Gasteiger partial charge in [0.15, 0.2) is 0 Å². The van der Waals surface area contributed by atoms with Gasteiger partial charge in [-0.25, -0.2) is 9.97 Å². The van der Waals surface area contributed by atoms with Gasteiger partial charge in [-0.3, -0.25) is 10.1 Å². The molecule has 124 valence electrons. The van der Waals surface area contributed by atoms with Gasteiger partial charge in [0.2, 0.25) is 0 Å². The van der Waals surface area contributed by atoms with Crippen LogP contribution in [0.1, 0.15) is 0 Å². The van der Waals surface area contributed by atoms with Crippen molar-refractivity contribution < 1.29 is 4.92 Å². The van der Waals surface area contributed by atoms with Gasteiger partial charge in [0.25, 0.3) is 5.69 Å². The van der Waals surface area contributed by atoms with Crippen LogP contribution in [0.5, 0.6) is 0 Å². The average molecular weight is 340 g/mol. The number of fused-ring (bicyclic) bond motifs is 7. The Hall–Kier alpha value is -3.80. The number of nitrogens with zero attached hydrogens (tertiary/aromatic N) is 3. The van der Waals surface area contributed by atoms with Gasteiger partial charge in [-0.2, -0.15) is 0 Å². The van der Waals surface area contributed by atoms with Crippen LogP contribution in [0.15, 0.2) is 60.7 Å². The number of rotatable bonds is 1. The third-order valence-corrected chi connectivity index (χ3v) is 4.70. The second kappa shape index (κ2) is 5.10. The van der Waals surface area contributed by atoms with Gasteiger partial charge in [-0.15, -0.1) is 0 Å². The van der Waals surface area contributed by atoms with Gasteiger partial charge >= 0.3 is 0 Å². The number of benzene rings is 4. The summed E-state index contributed by atoms with van der Waals surface area (Å²) >= 11 is 0. The Balaban J connectivity index is 2.07. The van der Waals surface area contributed by atoms with Crippen molar-refractivity contribution in [3.8, 4) is 0 Å². The lowest BCUT2D eigenvalue weighted by atomic mass is 9.99.